The van der Waals surface area contributed by atoms with Gasteiger partial charge in [-0.15, -0.1) is 18.3 Å². The minimum atomic E-state index is -0.604. The Balaban J connectivity index is 1.39. The van der Waals surface area contributed by atoms with E-state index in [0.717, 1.165) is 42.8 Å². The SMILES string of the molecule is C=C[C@]1(C)C[C@@H](OC(=O)CSc2cccc(CNCCN)c2)[C@]2(C)C(C)CC34CC(CCC3=O)(C42)[C@@H](C)[C@@H]1O. The minimum absolute atomic E-state index is 0.0511. The smallest absolute Gasteiger partial charge is 0.316 e. The molecule has 4 fully saturated rings. The number of hydrogen-bond acceptors (Lipinski definition) is 7. The molecule has 0 aliphatic heterocycles. The first kappa shape index (κ1) is 28.8. The summed E-state index contributed by atoms with van der Waals surface area (Å²) in [6.07, 6.45) is 4.52. The molecule has 7 heteroatoms. The molecule has 4 aliphatic carbocycles. The van der Waals surface area contributed by atoms with Crippen LogP contribution in [0.15, 0.2) is 41.8 Å². The van der Waals surface area contributed by atoms with Gasteiger partial charge >= 0.3 is 5.97 Å². The lowest BCUT2D eigenvalue weighted by Crippen LogP contribution is -2.71. The monoisotopic (exact) mass is 554 g/mol. The molecule has 9 atom stereocenters. The van der Waals surface area contributed by atoms with E-state index in [1.807, 2.05) is 18.2 Å². The van der Waals surface area contributed by atoms with Gasteiger partial charge in [0.25, 0.3) is 0 Å². The number of esters is 1. The number of thioether (sulfide) groups is 1. The van der Waals surface area contributed by atoms with Gasteiger partial charge in [-0.3, -0.25) is 9.59 Å². The Morgan fingerprint density at radius 1 is 1.31 bits per heavy atom. The van der Waals surface area contributed by atoms with Crippen molar-refractivity contribution in [2.75, 3.05) is 18.8 Å². The molecular weight excluding hydrogens is 508 g/mol. The maximum atomic E-state index is 13.4. The van der Waals surface area contributed by atoms with Crippen LogP contribution in [0, 0.1) is 39.4 Å². The summed E-state index contributed by atoms with van der Waals surface area (Å²) in [5.74, 6) is 0.785. The van der Waals surface area contributed by atoms with Crippen LogP contribution in [0.4, 0.5) is 0 Å². The summed E-state index contributed by atoms with van der Waals surface area (Å²) in [5, 5.41) is 15.0. The minimum Gasteiger partial charge on any atom is -0.461 e. The molecule has 1 aromatic rings. The molecule has 0 saturated heterocycles. The van der Waals surface area contributed by atoms with Gasteiger partial charge in [-0.1, -0.05) is 45.9 Å². The quantitative estimate of drug-likeness (QED) is 0.176. The lowest BCUT2D eigenvalue weighted by molar-refractivity contribution is -0.257. The molecule has 39 heavy (non-hydrogen) atoms. The largest absolute Gasteiger partial charge is 0.461 e. The molecule has 2 bridgehead atoms. The first-order valence-corrected chi connectivity index (χ1v) is 15.6. The fourth-order valence-corrected chi connectivity index (χ4v) is 10.2. The van der Waals surface area contributed by atoms with Crippen molar-refractivity contribution in [2.24, 2.45) is 45.1 Å². The van der Waals surface area contributed by atoms with E-state index in [1.54, 1.807) is 0 Å². The van der Waals surface area contributed by atoms with Gasteiger partial charge in [0.2, 0.25) is 0 Å². The second-order valence-corrected chi connectivity index (χ2v) is 14.5. The van der Waals surface area contributed by atoms with Gasteiger partial charge in [-0.05, 0) is 66.5 Å². The van der Waals surface area contributed by atoms with Gasteiger partial charge in [-0.2, -0.15) is 0 Å². The third-order valence-electron chi connectivity index (χ3n) is 11.5. The van der Waals surface area contributed by atoms with Crippen molar-refractivity contribution in [3.05, 3.63) is 42.5 Å². The summed E-state index contributed by atoms with van der Waals surface area (Å²) in [5.41, 5.74) is 5.38. The Morgan fingerprint density at radius 3 is 2.79 bits per heavy atom. The zero-order valence-electron chi connectivity index (χ0n) is 24.0. The van der Waals surface area contributed by atoms with Crippen LogP contribution in [0.5, 0.6) is 0 Å². The molecule has 4 saturated carbocycles. The molecule has 2 spiro atoms. The van der Waals surface area contributed by atoms with E-state index in [0.29, 0.717) is 25.2 Å². The number of carbonyl (C=O) groups is 2. The van der Waals surface area contributed by atoms with Crippen molar-refractivity contribution in [2.45, 2.75) is 83.4 Å². The number of Topliss-reactive ketones (excluding diaryl/α,β-unsaturated/α-hetero) is 1. The molecule has 5 rings (SSSR count). The summed E-state index contributed by atoms with van der Waals surface area (Å²) in [7, 11) is 0. The van der Waals surface area contributed by atoms with E-state index in [4.69, 9.17) is 10.5 Å². The van der Waals surface area contributed by atoms with Crippen LogP contribution in [0.25, 0.3) is 0 Å². The highest BCUT2D eigenvalue weighted by atomic mass is 32.2. The number of aliphatic hydroxyl groups is 1. The first-order valence-electron chi connectivity index (χ1n) is 14.6. The highest BCUT2D eigenvalue weighted by Crippen LogP contribution is 2.82. The molecular formula is C32H46N2O4S. The number of hydrogen-bond donors (Lipinski definition) is 3. The van der Waals surface area contributed by atoms with E-state index in [9.17, 15) is 14.7 Å². The second kappa shape index (κ2) is 10.3. The summed E-state index contributed by atoms with van der Waals surface area (Å²) in [6.45, 7) is 15.0. The van der Waals surface area contributed by atoms with Crippen molar-refractivity contribution in [1.82, 2.24) is 5.32 Å². The van der Waals surface area contributed by atoms with Crippen molar-refractivity contribution in [3.63, 3.8) is 0 Å². The van der Waals surface area contributed by atoms with E-state index < -0.39 is 17.6 Å². The maximum Gasteiger partial charge on any atom is 0.316 e. The van der Waals surface area contributed by atoms with Gasteiger partial charge in [0, 0.05) is 47.2 Å². The van der Waals surface area contributed by atoms with Gasteiger partial charge in [0.1, 0.15) is 11.9 Å². The molecule has 6 nitrogen and oxygen atoms in total. The number of rotatable bonds is 9. The molecule has 214 valence electrons. The van der Waals surface area contributed by atoms with Crippen molar-refractivity contribution < 1.29 is 19.4 Å². The third-order valence-corrected chi connectivity index (χ3v) is 12.5. The predicted molar refractivity (Wildman–Crippen MR) is 155 cm³/mol. The van der Waals surface area contributed by atoms with Gasteiger partial charge in [-0.25, -0.2) is 0 Å². The lowest BCUT2D eigenvalue weighted by atomic mass is 9.32. The first-order chi connectivity index (χ1) is 18.5. The van der Waals surface area contributed by atoms with Crippen molar-refractivity contribution in [3.8, 4) is 0 Å². The number of carbonyl (C=O) groups excluding carboxylic acids is 2. The zero-order chi connectivity index (χ0) is 28.2. The van der Waals surface area contributed by atoms with Gasteiger partial charge in [0.15, 0.2) is 0 Å². The summed E-state index contributed by atoms with van der Waals surface area (Å²) < 4.78 is 6.43. The number of aliphatic hydroxyl groups excluding tert-OH is 1. The molecule has 4 unspecified atom stereocenters. The normalized spacial score (nSPS) is 42.6. The van der Waals surface area contributed by atoms with E-state index >= 15 is 0 Å². The summed E-state index contributed by atoms with van der Waals surface area (Å²) >= 11 is 1.48. The number of ketones is 1. The molecule has 4 N–H and O–H groups in total. The molecule has 0 heterocycles. The molecule has 0 radical (unpaired) electrons. The van der Waals surface area contributed by atoms with Crippen LogP contribution >= 0.6 is 11.8 Å². The van der Waals surface area contributed by atoms with Crippen molar-refractivity contribution >= 4 is 23.5 Å². The van der Waals surface area contributed by atoms with Gasteiger partial charge < -0.3 is 20.9 Å². The average Bonchev–Trinajstić information content (AvgIpc) is 3.10. The van der Waals surface area contributed by atoms with E-state index in [2.05, 4.69) is 51.7 Å². The third kappa shape index (κ3) is 4.34. The Kier molecular flexibility index (Phi) is 7.62. The highest BCUT2D eigenvalue weighted by Gasteiger charge is 2.81. The Hall–Kier alpha value is -1.67. The Bertz CT molecular complexity index is 1140. The number of ether oxygens (including phenoxy) is 1. The van der Waals surface area contributed by atoms with Crippen LogP contribution in [0.1, 0.15) is 65.4 Å². The van der Waals surface area contributed by atoms with Crippen molar-refractivity contribution in [1.29, 1.82) is 0 Å². The summed E-state index contributed by atoms with van der Waals surface area (Å²) in [6, 6.07) is 8.18. The standard InChI is InChI=1S/C32H46N2O4S/c1-6-29(4)16-25(38-26(36)18-39-23-9-7-8-22(14-23)17-34-13-12-33)30(5)20(2)15-32-19-31(28(30)32,11-10-24(32)35)21(3)27(29)37/h6-9,14,20-21,25,27-28,34,37H,1,10-13,15-19,33H2,2-5H3/t20?,21-,25+,27-,28?,29+,30-,31?,32?/m0/s1. The van der Waals surface area contributed by atoms with Crippen LogP contribution in [-0.2, 0) is 20.9 Å². The lowest BCUT2D eigenvalue weighted by Gasteiger charge is -2.71. The van der Waals surface area contributed by atoms with E-state index in [1.165, 1.54) is 11.8 Å². The number of benzene rings is 1. The molecule has 4 aliphatic rings. The second-order valence-electron chi connectivity index (χ2n) is 13.4. The summed E-state index contributed by atoms with van der Waals surface area (Å²) in [4.78, 5) is 27.9. The average molecular weight is 555 g/mol. The zero-order valence-corrected chi connectivity index (χ0v) is 24.8. The van der Waals surface area contributed by atoms with Gasteiger partial charge in [0.05, 0.1) is 11.9 Å². The van der Waals surface area contributed by atoms with Crippen LogP contribution < -0.4 is 11.1 Å². The Labute approximate surface area is 237 Å². The topological polar surface area (TPSA) is 102 Å². The van der Waals surface area contributed by atoms with Crippen LogP contribution in [-0.4, -0.2) is 47.9 Å². The molecule has 0 aromatic heterocycles. The fourth-order valence-electron chi connectivity index (χ4n) is 9.44. The van der Waals surface area contributed by atoms with E-state index in [-0.39, 0.29) is 45.7 Å². The molecule has 0 amide bonds. The Morgan fingerprint density at radius 2 is 2.08 bits per heavy atom. The molecule has 1 aromatic carbocycles. The maximum absolute atomic E-state index is 13.4. The van der Waals surface area contributed by atoms with Crippen LogP contribution in [0.2, 0.25) is 0 Å². The number of nitrogens with two attached hydrogens (primary N) is 1. The van der Waals surface area contributed by atoms with Crippen LogP contribution in [0.3, 0.4) is 0 Å². The number of nitrogens with one attached hydrogen (secondary N) is 1. The predicted octanol–water partition coefficient (Wildman–Crippen LogP) is 4.73. The fraction of sp³-hybridized carbons (Fsp3) is 0.688. The highest BCUT2D eigenvalue weighted by molar-refractivity contribution is 8.00.